The van der Waals surface area contributed by atoms with Crippen LogP contribution in [0.15, 0.2) is 65.3 Å². The first-order chi connectivity index (χ1) is 13.6. The molecule has 2 amide bonds. The zero-order valence-corrected chi connectivity index (χ0v) is 16.4. The van der Waals surface area contributed by atoms with Crippen molar-refractivity contribution in [1.29, 1.82) is 0 Å². The molecule has 8 heteroatoms. The molecular formula is C20H17BrN4O3. The van der Waals surface area contributed by atoms with Crippen LogP contribution in [-0.4, -0.2) is 34.7 Å². The van der Waals surface area contributed by atoms with Crippen LogP contribution in [0, 0.1) is 0 Å². The first-order valence-corrected chi connectivity index (χ1v) is 9.48. The van der Waals surface area contributed by atoms with E-state index in [0.717, 1.165) is 10.0 Å². The van der Waals surface area contributed by atoms with Crippen molar-refractivity contribution in [2.24, 2.45) is 0 Å². The monoisotopic (exact) mass is 440 g/mol. The van der Waals surface area contributed by atoms with Crippen LogP contribution in [0.1, 0.15) is 5.56 Å². The molecule has 0 bridgehead atoms. The summed E-state index contributed by atoms with van der Waals surface area (Å²) in [6, 6.07) is 16.8. The number of nitrogens with zero attached hydrogens (tertiary/aromatic N) is 3. The summed E-state index contributed by atoms with van der Waals surface area (Å²) in [4.78, 5) is 26.3. The molecule has 2 aromatic carbocycles. The Morgan fingerprint density at radius 2 is 2.04 bits per heavy atom. The minimum absolute atomic E-state index is 0.0783. The van der Waals surface area contributed by atoms with Crippen LogP contribution in [0.5, 0.6) is 5.75 Å². The maximum atomic E-state index is 12.6. The van der Waals surface area contributed by atoms with Crippen molar-refractivity contribution in [2.45, 2.75) is 6.54 Å². The van der Waals surface area contributed by atoms with Gasteiger partial charge in [0.05, 0.1) is 18.4 Å². The van der Waals surface area contributed by atoms with Gasteiger partial charge in [-0.2, -0.15) is 5.10 Å². The summed E-state index contributed by atoms with van der Waals surface area (Å²) in [5.41, 5.74) is 1.64. The normalized spacial score (nSPS) is 13.0. The molecule has 0 saturated carbocycles. The second-order valence-corrected chi connectivity index (χ2v) is 7.20. The van der Waals surface area contributed by atoms with Crippen molar-refractivity contribution in [3.8, 4) is 5.75 Å². The van der Waals surface area contributed by atoms with Gasteiger partial charge < -0.3 is 10.1 Å². The quantitative estimate of drug-likeness (QED) is 0.661. The number of hydrogen-bond acceptors (Lipinski definition) is 4. The first-order valence-electron chi connectivity index (χ1n) is 8.68. The number of aromatic nitrogens is 2. The van der Waals surface area contributed by atoms with Crippen molar-refractivity contribution < 1.29 is 14.3 Å². The molecule has 1 aromatic heterocycles. The van der Waals surface area contributed by atoms with Crippen molar-refractivity contribution in [2.75, 3.05) is 23.4 Å². The number of carbonyl (C=O) groups is 2. The van der Waals surface area contributed by atoms with Crippen molar-refractivity contribution in [1.82, 2.24) is 9.78 Å². The summed E-state index contributed by atoms with van der Waals surface area (Å²) < 4.78 is 8.09. The van der Waals surface area contributed by atoms with E-state index in [0.29, 0.717) is 23.8 Å². The zero-order chi connectivity index (χ0) is 19.5. The topological polar surface area (TPSA) is 76.5 Å². The smallest absolute Gasteiger partial charge is 0.265 e. The molecule has 1 N–H and O–H groups in total. The van der Waals surface area contributed by atoms with Gasteiger partial charge in [-0.15, -0.1) is 0 Å². The van der Waals surface area contributed by atoms with Gasteiger partial charge in [0.25, 0.3) is 5.91 Å². The molecule has 1 aliphatic rings. The van der Waals surface area contributed by atoms with E-state index in [1.165, 1.54) is 4.90 Å². The molecule has 0 radical (unpaired) electrons. The Morgan fingerprint density at radius 3 is 2.89 bits per heavy atom. The van der Waals surface area contributed by atoms with Gasteiger partial charge in [-0.05, 0) is 29.8 Å². The lowest BCUT2D eigenvalue weighted by Gasteiger charge is -2.28. The lowest BCUT2D eigenvalue weighted by molar-refractivity contribution is -0.123. The van der Waals surface area contributed by atoms with Crippen molar-refractivity contribution in [3.05, 3.63) is 70.8 Å². The summed E-state index contributed by atoms with van der Waals surface area (Å²) in [6.07, 6.45) is 1.63. The highest BCUT2D eigenvalue weighted by Crippen LogP contribution is 2.31. The number of amides is 2. The Balaban J connectivity index is 1.47. The second-order valence-electron chi connectivity index (χ2n) is 6.29. The Labute approximate surface area is 170 Å². The molecule has 28 heavy (non-hydrogen) atoms. The predicted octanol–water partition coefficient (Wildman–Crippen LogP) is 3.06. The van der Waals surface area contributed by atoms with Crippen LogP contribution in [0.25, 0.3) is 0 Å². The van der Waals surface area contributed by atoms with E-state index < -0.39 is 0 Å². The molecule has 0 fully saturated rings. The van der Waals surface area contributed by atoms with Gasteiger partial charge >= 0.3 is 0 Å². The average molecular weight is 441 g/mol. The molecule has 0 unspecified atom stereocenters. The highest BCUT2D eigenvalue weighted by molar-refractivity contribution is 9.10. The summed E-state index contributed by atoms with van der Waals surface area (Å²) in [5, 5.41) is 7.12. The predicted molar refractivity (Wildman–Crippen MR) is 108 cm³/mol. The van der Waals surface area contributed by atoms with Gasteiger partial charge in [0.2, 0.25) is 5.91 Å². The van der Waals surface area contributed by atoms with Gasteiger partial charge in [0.1, 0.15) is 18.1 Å². The highest BCUT2D eigenvalue weighted by atomic mass is 79.9. The van der Waals surface area contributed by atoms with Gasteiger partial charge in [-0.3, -0.25) is 14.5 Å². The number of para-hydroxylation sites is 2. The van der Waals surface area contributed by atoms with Crippen LogP contribution in [-0.2, 0) is 16.1 Å². The third-order valence-corrected chi connectivity index (χ3v) is 4.81. The summed E-state index contributed by atoms with van der Waals surface area (Å²) >= 11 is 3.45. The minimum atomic E-state index is -0.305. The third-order valence-electron chi connectivity index (χ3n) is 4.32. The van der Waals surface area contributed by atoms with Crippen LogP contribution in [0.3, 0.4) is 0 Å². The second kappa shape index (κ2) is 7.85. The zero-order valence-electron chi connectivity index (χ0n) is 14.8. The number of anilines is 2. The SMILES string of the molecule is O=C(CN1C(=O)COc2ccccc21)Nc1ccnn1Cc1cccc(Br)c1. The minimum Gasteiger partial charge on any atom is -0.482 e. The number of nitrogens with one attached hydrogen (secondary N) is 1. The van der Waals surface area contributed by atoms with Crippen LogP contribution < -0.4 is 15.0 Å². The van der Waals surface area contributed by atoms with E-state index in [2.05, 4.69) is 26.3 Å². The molecular weight excluding hydrogens is 424 g/mol. The number of benzene rings is 2. The van der Waals surface area contributed by atoms with Crippen molar-refractivity contribution >= 4 is 39.2 Å². The van der Waals surface area contributed by atoms with Gasteiger partial charge in [-0.25, -0.2) is 4.68 Å². The fraction of sp³-hybridized carbons (Fsp3) is 0.150. The van der Waals surface area contributed by atoms with Crippen LogP contribution in [0.2, 0.25) is 0 Å². The van der Waals surface area contributed by atoms with Gasteiger partial charge in [0, 0.05) is 10.5 Å². The van der Waals surface area contributed by atoms with Gasteiger partial charge in [-0.1, -0.05) is 40.2 Å². The lowest BCUT2D eigenvalue weighted by atomic mass is 10.2. The van der Waals surface area contributed by atoms with Crippen LogP contribution >= 0.6 is 15.9 Å². The Bertz CT molecular complexity index is 1030. The molecule has 0 aliphatic carbocycles. The average Bonchev–Trinajstić information content (AvgIpc) is 3.10. The van der Waals surface area contributed by atoms with Crippen LogP contribution in [0.4, 0.5) is 11.5 Å². The fourth-order valence-electron chi connectivity index (χ4n) is 3.03. The first kappa shape index (κ1) is 18.2. The Kier molecular flexibility index (Phi) is 5.12. The lowest BCUT2D eigenvalue weighted by Crippen LogP contribution is -2.43. The van der Waals surface area contributed by atoms with E-state index >= 15 is 0 Å². The number of hydrogen-bond donors (Lipinski definition) is 1. The molecule has 0 spiro atoms. The maximum Gasteiger partial charge on any atom is 0.265 e. The molecule has 2 heterocycles. The summed E-state index contributed by atoms with van der Waals surface area (Å²) in [6.45, 7) is 0.341. The standard InChI is InChI=1S/C20H17BrN4O3/c21-15-5-3-4-14(10-15)11-25-18(8-9-22-25)23-19(26)12-24-16-6-1-2-7-17(16)28-13-20(24)27/h1-10H,11-13H2,(H,23,26). The number of rotatable bonds is 5. The van der Waals surface area contributed by atoms with E-state index in [1.54, 1.807) is 35.1 Å². The number of fused-ring (bicyclic) bond motifs is 1. The van der Waals surface area contributed by atoms with E-state index in [1.807, 2.05) is 30.3 Å². The van der Waals surface area contributed by atoms with E-state index in [4.69, 9.17) is 4.74 Å². The van der Waals surface area contributed by atoms with E-state index in [9.17, 15) is 9.59 Å². The molecule has 0 saturated heterocycles. The molecule has 4 rings (SSSR count). The maximum absolute atomic E-state index is 12.6. The Morgan fingerprint density at radius 1 is 1.18 bits per heavy atom. The molecule has 1 aliphatic heterocycles. The van der Waals surface area contributed by atoms with E-state index in [-0.39, 0.29) is 25.0 Å². The summed E-state index contributed by atoms with van der Waals surface area (Å²) in [5.74, 6) is 0.603. The fourth-order valence-corrected chi connectivity index (χ4v) is 3.47. The Hall–Kier alpha value is -3.13. The molecule has 0 atom stereocenters. The third kappa shape index (κ3) is 3.91. The molecule has 7 nitrogen and oxygen atoms in total. The molecule has 3 aromatic rings. The summed E-state index contributed by atoms with van der Waals surface area (Å²) in [7, 11) is 0. The van der Waals surface area contributed by atoms with Crippen molar-refractivity contribution in [3.63, 3.8) is 0 Å². The molecule has 142 valence electrons. The number of carbonyl (C=O) groups excluding carboxylic acids is 2. The highest BCUT2D eigenvalue weighted by Gasteiger charge is 2.27. The largest absolute Gasteiger partial charge is 0.482 e. The van der Waals surface area contributed by atoms with Gasteiger partial charge in [0.15, 0.2) is 6.61 Å². The number of ether oxygens (including phenoxy) is 1. The number of halogens is 1.